The van der Waals surface area contributed by atoms with Crippen LogP contribution in [0.2, 0.25) is 5.02 Å². The van der Waals surface area contributed by atoms with Gasteiger partial charge >= 0.3 is 0 Å². The molecule has 2 aromatic rings. The average Bonchev–Trinajstić information content (AvgIpc) is 2.48. The molecule has 2 rings (SSSR count). The summed E-state index contributed by atoms with van der Waals surface area (Å²) in [4.78, 5) is 0. The SMILES string of the molecule is Fc1cc(Br)c2occc2c1Cl. The van der Waals surface area contributed by atoms with Crippen molar-refractivity contribution in [2.75, 3.05) is 0 Å². The van der Waals surface area contributed by atoms with Gasteiger partial charge in [0.1, 0.15) is 11.4 Å². The molecule has 0 saturated carbocycles. The number of fused-ring (bicyclic) bond motifs is 1. The summed E-state index contributed by atoms with van der Waals surface area (Å²) in [6, 6.07) is 2.92. The maximum Gasteiger partial charge on any atom is 0.149 e. The number of halogens is 3. The van der Waals surface area contributed by atoms with Gasteiger partial charge in [0, 0.05) is 5.39 Å². The van der Waals surface area contributed by atoms with Crippen LogP contribution in [0.4, 0.5) is 4.39 Å². The van der Waals surface area contributed by atoms with Gasteiger partial charge in [-0.25, -0.2) is 4.39 Å². The molecule has 62 valence electrons. The molecule has 0 spiro atoms. The molecular weight excluding hydrogens is 246 g/mol. The predicted octanol–water partition coefficient (Wildman–Crippen LogP) is 3.99. The van der Waals surface area contributed by atoms with Crippen LogP contribution in [0.1, 0.15) is 0 Å². The van der Waals surface area contributed by atoms with Gasteiger partial charge in [0.15, 0.2) is 0 Å². The topological polar surface area (TPSA) is 13.1 Å². The molecule has 1 aromatic heterocycles. The maximum atomic E-state index is 13.0. The van der Waals surface area contributed by atoms with E-state index in [9.17, 15) is 4.39 Å². The minimum absolute atomic E-state index is 0.0990. The molecular formula is C8H3BrClFO. The number of rotatable bonds is 0. The zero-order chi connectivity index (χ0) is 8.72. The van der Waals surface area contributed by atoms with Gasteiger partial charge in [-0.05, 0) is 28.1 Å². The fraction of sp³-hybridized carbons (Fsp3) is 0. The predicted molar refractivity (Wildman–Crippen MR) is 48.9 cm³/mol. The fourth-order valence-corrected chi connectivity index (χ4v) is 1.75. The third-order valence-corrected chi connectivity index (χ3v) is 2.55. The summed E-state index contributed by atoms with van der Waals surface area (Å²) in [5.41, 5.74) is 0.571. The molecule has 4 heteroatoms. The zero-order valence-electron chi connectivity index (χ0n) is 5.77. The second-order valence-electron chi connectivity index (χ2n) is 2.32. The Morgan fingerprint density at radius 3 is 3.00 bits per heavy atom. The summed E-state index contributed by atoms with van der Waals surface area (Å²) in [5.74, 6) is -0.447. The van der Waals surface area contributed by atoms with Crippen molar-refractivity contribution in [3.05, 3.63) is 33.7 Å². The first kappa shape index (κ1) is 8.08. The highest BCUT2D eigenvalue weighted by Gasteiger charge is 2.10. The summed E-state index contributed by atoms with van der Waals surface area (Å²) in [7, 11) is 0. The van der Waals surface area contributed by atoms with E-state index >= 15 is 0 Å². The lowest BCUT2D eigenvalue weighted by Crippen LogP contribution is -1.77. The van der Waals surface area contributed by atoms with Crippen LogP contribution in [-0.4, -0.2) is 0 Å². The van der Waals surface area contributed by atoms with Crippen molar-refractivity contribution in [3.63, 3.8) is 0 Å². The molecule has 0 amide bonds. The van der Waals surface area contributed by atoms with Crippen molar-refractivity contribution in [3.8, 4) is 0 Å². The van der Waals surface area contributed by atoms with E-state index in [-0.39, 0.29) is 5.02 Å². The Balaban J connectivity index is 2.97. The Morgan fingerprint density at radius 2 is 2.25 bits per heavy atom. The van der Waals surface area contributed by atoms with Crippen LogP contribution >= 0.6 is 27.5 Å². The van der Waals surface area contributed by atoms with E-state index < -0.39 is 5.82 Å². The summed E-state index contributed by atoms with van der Waals surface area (Å²) < 4.78 is 18.6. The van der Waals surface area contributed by atoms with Gasteiger partial charge in [-0.15, -0.1) is 0 Å². The molecule has 1 aromatic carbocycles. The molecule has 12 heavy (non-hydrogen) atoms. The van der Waals surface area contributed by atoms with Gasteiger partial charge in [0.05, 0.1) is 15.8 Å². The first-order valence-electron chi connectivity index (χ1n) is 3.21. The first-order valence-corrected chi connectivity index (χ1v) is 4.38. The standard InChI is InChI=1S/C8H3BrClFO/c9-5-3-6(11)7(10)4-1-2-12-8(4)5/h1-3H. The molecule has 0 atom stereocenters. The highest BCUT2D eigenvalue weighted by molar-refractivity contribution is 9.10. The van der Waals surface area contributed by atoms with E-state index in [0.29, 0.717) is 15.4 Å². The van der Waals surface area contributed by atoms with Crippen molar-refractivity contribution in [2.24, 2.45) is 0 Å². The van der Waals surface area contributed by atoms with Crippen molar-refractivity contribution in [1.82, 2.24) is 0 Å². The van der Waals surface area contributed by atoms with Crippen LogP contribution in [0.25, 0.3) is 11.0 Å². The smallest absolute Gasteiger partial charge is 0.149 e. The van der Waals surface area contributed by atoms with E-state index in [1.807, 2.05) is 0 Å². The lowest BCUT2D eigenvalue weighted by Gasteiger charge is -1.96. The van der Waals surface area contributed by atoms with Gasteiger partial charge in [-0.1, -0.05) is 11.6 Å². The Morgan fingerprint density at radius 1 is 1.50 bits per heavy atom. The second kappa shape index (κ2) is 2.75. The molecule has 0 N–H and O–H groups in total. The lowest BCUT2D eigenvalue weighted by atomic mass is 10.2. The first-order chi connectivity index (χ1) is 5.70. The Hall–Kier alpha value is -0.540. The quantitative estimate of drug-likeness (QED) is 0.644. The Kier molecular flexibility index (Phi) is 1.85. The Bertz CT molecular complexity index is 438. The summed E-state index contributed by atoms with van der Waals surface area (Å²) in [6.45, 7) is 0. The van der Waals surface area contributed by atoms with Crippen molar-refractivity contribution in [1.29, 1.82) is 0 Å². The number of hydrogen-bond acceptors (Lipinski definition) is 1. The molecule has 1 heterocycles. The van der Waals surface area contributed by atoms with E-state index in [4.69, 9.17) is 16.0 Å². The molecule has 0 radical (unpaired) electrons. The molecule has 0 bridgehead atoms. The normalized spacial score (nSPS) is 10.9. The van der Waals surface area contributed by atoms with Crippen molar-refractivity contribution >= 4 is 38.5 Å². The zero-order valence-corrected chi connectivity index (χ0v) is 8.12. The van der Waals surface area contributed by atoms with Crippen LogP contribution in [0, 0.1) is 5.82 Å². The summed E-state index contributed by atoms with van der Waals surface area (Å²) in [6.07, 6.45) is 1.47. The van der Waals surface area contributed by atoms with Crippen LogP contribution in [-0.2, 0) is 0 Å². The lowest BCUT2D eigenvalue weighted by molar-refractivity contribution is 0.607. The molecule has 0 aliphatic carbocycles. The molecule has 0 unspecified atom stereocenters. The summed E-state index contributed by atoms with van der Waals surface area (Å²) in [5, 5.41) is 0.686. The average molecular weight is 249 g/mol. The Labute approximate surface area is 81.2 Å². The number of hydrogen-bond donors (Lipinski definition) is 0. The van der Waals surface area contributed by atoms with E-state index in [1.165, 1.54) is 12.3 Å². The van der Waals surface area contributed by atoms with Crippen LogP contribution in [0.3, 0.4) is 0 Å². The highest BCUT2D eigenvalue weighted by atomic mass is 79.9. The molecule has 0 fully saturated rings. The largest absolute Gasteiger partial charge is 0.463 e. The molecule has 0 aliphatic rings. The van der Waals surface area contributed by atoms with Gasteiger partial charge < -0.3 is 4.42 Å². The van der Waals surface area contributed by atoms with Gasteiger partial charge in [-0.3, -0.25) is 0 Å². The van der Waals surface area contributed by atoms with E-state index in [0.717, 1.165) is 0 Å². The van der Waals surface area contributed by atoms with E-state index in [2.05, 4.69) is 15.9 Å². The fourth-order valence-electron chi connectivity index (χ4n) is 1.04. The van der Waals surface area contributed by atoms with E-state index in [1.54, 1.807) is 6.07 Å². The van der Waals surface area contributed by atoms with Gasteiger partial charge in [0.2, 0.25) is 0 Å². The number of benzene rings is 1. The monoisotopic (exact) mass is 248 g/mol. The second-order valence-corrected chi connectivity index (χ2v) is 3.55. The van der Waals surface area contributed by atoms with Gasteiger partial charge in [0.25, 0.3) is 0 Å². The third kappa shape index (κ3) is 1.04. The van der Waals surface area contributed by atoms with Crippen LogP contribution in [0.5, 0.6) is 0 Å². The van der Waals surface area contributed by atoms with Crippen molar-refractivity contribution < 1.29 is 8.81 Å². The van der Waals surface area contributed by atoms with Gasteiger partial charge in [-0.2, -0.15) is 0 Å². The third-order valence-electron chi connectivity index (χ3n) is 1.58. The molecule has 0 saturated heterocycles. The minimum atomic E-state index is -0.447. The molecule has 1 nitrogen and oxygen atoms in total. The summed E-state index contributed by atoms with van der Waals surface area (Å²) >= 11 is 8.85. The van der Waals surface area contributed by atoms with Crippen LogP contribution in [0.15, 0.2) is 27.3 Å². The highest BCUT2D eigenvalue weighted by Crippen LogP contribution is 2.32. The maximum absolute atomic E-state index is 13.0. The number of furan rings is 1. The minimum Gasteiger partial charge on any atom is -0.463 e. The van der Waals surface area contributed by atoms with Crippen molar-refractivity contribution in [2.45, 2.75) is 0 Å². The molecule has 0 aliphatic heterocycles. The van der Waals surface area contributed by atoms with Crippen LogP contribution < -0.4 is 0 Å².